The van der Waals surface area contributed by atoms with E-state index in [0.29, 0.717) is 41.7 Å². The summed E-state index contributed by atoms with van der Waals surface area (Å²) in [5, 5.41) is 16.6. The van der Waals surface area contributed by atoms with Gasteiger partial charge in [0.1, 0.15) is 11.3 Å². The van der Waals surface area contributed by atoms with Crippen molar-refractivity contribution in [3.8, 4) is 5.69 Å². The molecule has 0 unspecified atom stereocenters. The number of amides is 1. The molecule has 3 heterocycles. The Bertz CT molecular complexity index is 955. The van der Waals surface area contributed by atoms with Gasteiger partial charge in [0, 0.05) is 31.2 Å². The second-order valence-electron chi connectivity index (χ2n) is 6.75. The van der Waals surface area contributed by atoms with Crippen molar-refractivity contribution < 1.29 is 9.32 Å². The Morgan fingerprint density at radius 1 is 1.14 bits per heavy atom. The molecule has 0 saturated carbocycles. The number of halogens is 1. The summed E-state index contributed by atoms with van der Waals surface area (Å²) in [5.74, 6) is 1.28. The van der Waals surface area contributed by atoms with Crippen molar-refractivity contribution in [2.45, 2.75) is 20.4 Å². The standard InChI is InChI=1S/C18H20ClN7O2/c1-12-17(13(2)28-21-12)18(27)25-9-7-24(8-10-25)11-16-20-22-23-26(16)15-5-3-14(19)4-6-15/h3-6H,7-11H2,1-2H3. The molecular weight excluding hydrogens is 382 g/mol. The molecule has 9 nitrogen and oxygen atoms in total. The number of nitrogens with zero attached hydrogens (tertiary/aromatic N) is 7. The number of hydrogen-bond donors (Lipinski definition) is 0. The van der Waals surface area contributed by atoms with Gasteiger partial charge in [0.25, 0.3) is 5.91 Å². The van der Waals surface area contributed by atoms with E-state index >= 15 is 0 Å². The molecule has 4 rings (SSSR count). The molecule has 1 fully saturated rings. The number of carbonyl (C=O) groups excluding carboxylic acids is 1. The maximum absolute atomic E-state index is 12.8. The van der Waals surface area contributed by atoms with Gasteiger partial charge in [-0.3, -0.25) is 9.69 Å². The first kappa shape index (κ1) is 18.6. The highest BCUT2D eigenvalue weighted by Gasteiger charge is 2.27. The second-order valence-corrected chi connectivity index (χ2v) is 7.19. The fourth-order valence-electron chi connectivity index (χ4n) is 3.34. The zero-order chi connectivity index (χ0) is 19.7. The molecule has 1 aliphatic heterocycles. The fourth-order valence-corrected chi connectivity index (χ4v) is 3.47. The number of tetrazole rings is 1. The number of carbonyl (C=O) groups is 1. The summed E-state index contributed by atoms with van der Waals surface area (Å²) >= 11 is 5.95. The quantitative estimate of drug-likeness (QED) is 0.658. The monoisotopic (exact) mass is 401 g/mol. The van der Waals surface area contributed by atoms with E-state index in [9.17, 15) is 4.79 Å². The Morgan fingerprint density at radius 3 is 2.50 bits per heavy atom. The van der Waals surface area contributed by atoms with Crippen molar-refractivity contribution in [3.63, 3.8) is 0 Å². The number of piperazine rings is 1. The topological polar surface area (TPSA) is 93.2 Å². The van der Waals surface area contributed by atoms with Crippen LogP contribution in [0.3, 0.4) is 0 Å². The van der Waals surface area contributed by atoms with Crippen LogP contribution in [0, 0.1) is 13.8 Å². The molecule has 0 radical (unpaired) electrons. The van der Waals surface area contributed by atoms with E-state index in [-0.39, 0.29) is 5.91 Å². The van der Waals surface area contributed by atoms with Gasteiger partial charge in [-0.2, -0.15) is 4.68 Å². The van der Waals surface area contributed by atoms with Crippen LogP contribution in [-0.2, 0) is 6.54 Å². The predicted molar refractivity (Wildman–Crippen MR) is 101 cm³/mol. The molecule has 2 aromatic heterocycles. The van der Waals surface area contributed by atoms with Gasteiger partial charge in [-0.15, -0.1) is 5.10 Å². The van der Waals surface area contributed by atoms with Crippen molar-refractivity contribution in [3.05, 3.63) is 52.1 Å². The molecular formula is C18H20ClN7O2. The maximum Gasteiger partial charge on any atom is 0.259 e. The first-order valence-electron chi connectivity index (χ1n) is 9.00. The predicted octanol–water partition coefficient (Wildman–Crippen LogP) is 1.88. The van der Waals surface area contributed by atoms with Gasteiger partial charge in [0.15, 0.2) is 5.82 Å². The van der Waals surface area contributed by atoms with Crippen LogP contribution in [0.1, 0.15) is 27.6 Å². The number of aryl methyl sites for hydroxylation is 2. The minimum atomic E-state index is -0.0260. The SMILES string of the molecule is Cc1noc(C)c1C(=O)N1CCN(Cc2nnnn2-c2ccc(Cl)cc2)CC1. The molecule has 0 atom stereocenters. The molecule has 3 aromatic rings. The number of benzene rings is 1. The summed E-state index contributed by atoms with van der Waals surface area (Å²) in [6.45, 7) is 6.89. The highest BCUT2D eigenvalue weighted by molar-refractivity contribution is 6.30. The van der Waals surface area contributed by atoms with Crippen LogP contribution in [0.4, 0.5) is 0 Å². The van der Waals surface area contributed by atoms with E-state index in [1.807, 2.05) is 17.0 Å². The van der Waals surface area contributed by atoms with Gasteiger partial charge in [-0.25, -0.2) is 0 Å². The van der Waals surface area contributed by atoms with Crippen molar-refractivity contribution in [2.24, 2.45) is 0 Å². The number of aromatic nitrogens is 5. The molecule has 1 aromatic carbocycles. The van der Waals surface area contributed by atoms with Gasteiger partial charge >= 0.3 is 0 Å². The summed E-state index contributed by atoms with van der Waals surface area (Å²) in [7, 11) is 0. The molecule has 1 amide bonds. The lowest BCUT2D eigenvalue weighted by Gasteiger charge is -2.34. The van der Waals surface area contributed by atoms with E-state index in [1.165, 1.54) is 0 Å². The highest BCUT2D eigenvalue weighted by atomic mass is 35.5. The lowest BCUT2D eigenvalue weighted by molar-refractivity contribution is 0.0622. The summed E-state index contributed by atoms with van der Waals surface area (Å²) in [6, 6.07) is 7.37. The Hall–Kier alpha value is -2.78. The molecule has 28 heavy (non-hydrogen) atoms. The van der Waals surface area contributed by atoms with E-state index in [0.717, 1.165) is 24.6 Å². The van der Waals surface area contributed by atoms with E-state index < -0.39 is 0 Å². The molecule has 0 N–H and O–H groups in total. The molecule has 1 saturated heterocycles. The Balaban J connectivity index is 1.40. The van der Waals surface area contributed by atoms with Crippen LogP contribution < -0.4 is 0 Å². The van der Waals surface area contributed by atoms with Gasteiger partial charge in [0.2, 0.25) is 0 Å². The van der Waals surface area contributed by atoms with E-state index in [4.69, 9.17) is 16.1 Å². The smallest absolute Gasteiger partial charge is 0.259 e. The lowest BCUT2D eigenvalue weighted by Crippen LogP contribution is -2.48. The largest absolute Gasteiger partial charge is 0.361 e. The van der Waals surface area contributed by atoms with Crippen LogP contribution in [0.2, 0.25) is 5.02 Å². The van der Waals surface area contributed by atoms with Gasteiger partial charge in [-0.1, -0.05) is 16.8 Å². The van der Waals surface area contributed by atoms with Crippen LogP contribution in [-0.4, -0.2) is 67.2 Å². The number of rotatable bonds is 4. The minimum absolute atomic E-state index is 0.0260. The van der Waals surface area contributed by atoms with E-state index in [2.05, 4.69) is 25.6 Å². The van der Waals surface area contributed by atoms with Crippen molar-refractivity contribution in [2.75, 3.05) is 26.2 Å². The van der Waals surface area contributed by atoms with Crippen molar-refractivity contribution in [1.82, 2.24) is 35.2 Å². The van der Waals surface area contributed by atoms with Gasteiger partial charge in [0.05, 0.1) is 17.9 Å². The van der Waals surface area contributed by atoms with Gasteiger partial charge in [-0.05, 0) is 48.5 Å². The third-order valence-electron chi connectivity index (χ3n) is 4.88. The summed E-state index contributed by atoms with van der Waals surface area (Å²) in [6.07, 6.45) is 0. The molecule has 0 spiro atoms. The van der Waals surface area contributed by atoms with Crippen molar-refractivity contribution >= 4 is 17.5 Å². The Kier molecular flexibility index (Phi) is 5.10. The average Bonchev–Trinajstić information content (AvgIpc) is 3.29. The molecule has 10 heteroatoms. The van der Waals surface area contributed by atoms with Crippen molar-refractivity contribution in [1.29, 1.82) is 0 Å². The summed E-state index contributed by atoms with van der Waals surface area (Å²) in [4.78, 5) is 16.8. The highest BCUT2D eigenvalue weighted by Crippen LogP contribution is 2.18. The normalized spacial score (nSPS) is 15.2. The fraction of sp³-hybridized carbons (Fsp3) is 0.389. The maximum atomic E-state index is 12.8. The Morgan fingerprint density at radius 2 is 1.86 bits per heavy atom. The summed E-state index contributed by atoms with van der Waals surface area (Å²) in [5.41, 5.74) is 2.06. The second kappa shape index (κ2) is 7.69. The zero-order valence-corrected chi connectivity index (χ0v) is 16.4. The van der Waals surface area contributed by atoms with Crippen LogP contribution in [0.25, 0.3) is 5.69 Å². The third-order valence-corrected chi connectivity index (χ3v) is 5.13. The van der Waals surface area contributed by atoms with Gasteiger partial charge < -0.3 is 9.42 Å². The van der Waals surface area contributed by atoms with E-state index in [1.54, 1.807) is 30.7 Å². The lowest BCUT2D eigenvalue weighted by atomic mass is 10.1. The van der Waals surface area contributed by atoms with Crippen LogP contribution in [0.15, 0.2) is 28.8 Å². The first-order chi connectivity index (χ1) is 13.5. The average molecular weight is 402 g/mol. The first-order valence-corrected chi connectivity index (χ1v) is 9.38. The number of hydrogen-bond acceptors (Lipinski definition) is 7. The third kappa shape index (κ3) is 3.63. The zero-order valence-electron chi connectivity index (χ0n) is 15.7. The van der Waals surface area contributed by atoms with Crippen LogP contribution in [0.5, 0.6) is 0 Å². The minimum Gasteiger partial charge on any atom is -0.361 e. The molecule has 1 aliphatic rings. The molecule has 0 bridgehead atoms. The summed E-state index contributed by atoms with van der Waals surface area (Å²) < 4.78 is 6.83. The molecule has 0 aliphatic carbocycles. The Labute approximate surface area is 166 Å². The van der Waals surface area contributed by atoms with Crippen LogP contribution >= 0.6 is 11.6 Å². The molecule has 146 valence electrons.